The molecule has 0 N–H and O–H groups in total. The average molecular weight is 1600 g/mol. The van der Waals surface area contributed by atoms with E-state index in [2.05, 4.69) is 9.98 Å². The van der Waals surface area contributed by atoms with E-state index in [9.17, 15) is 61.1 Å². The smallest absolute Gasteiger partial charge is 0.419 e. The number of benzene rings is 8. The molecule has 20 rings (SSSR count). The quantitative estimate of drug-likeness (QED) is 0.0747. The van der Waals surface area contributed by atoms with Crippen LogP contribution in [0.1, 0.15) is 63.9 Å². The zero-order valence-electron chi connectivity index (χ0n) is 56.3. The summed E-state index contributed by atoms with van der Waals surface area (Å²) in [6.07, 6.45) is -8.76. The third-order valence-electron chi connectivity index (χ3n) is 20.1. The summed E-state index contributed by atoms with van der Waals surface area (Å²) in [5.41, 5.74) is -4.22. The summed E-state index contributed by atoms with van der Waals surface area (Å²) in [6.45, 7) is -0.277. The number of nitrogens with zero attached hydrogens (tertiary/aromatic N) is 4. The van der Waals surface area contributed by atoms with Crippen molar-refractivity contribution in [1.82, 2.24) is 9.13 Å². The molecular formula is C84H36F6N4O12S6. The highest BCUT2D eigenvalue weighted by molar-refractivity contribution is 7.37. The highest BCUT2D eigenvalue weighted by Crippen LogP contribution is 2.53. The number of alkyl halides is 6. The predicted molar refractivity (Wildman–Crippen MR) is 425 cm³/mol. The molecule has 16 nitrogen and oxygen atoms in total. The molecule has 0 fully saturated rings. The summed E-state index contributed by atoms with van der Waals surface area (Å²) in [5.74, 6) is -4.42. The Hall–Kier alpha value is -12.7. The molecule has 0 saturated carbocycles. The second-order valence-electron chi connectivity index (χ2n) is 26.6. The lowest BCUT2D eigenvalue weighted by Crippen LogP contribution is -2.31. The number of aromatic nitrogens is 2. The fourth-order valence-corrected chi connectivity index (χ4v) is 22.4. The number of hydrogen-bond acceptors (Lipinski definition) is 20. The lowest BCUT2D eigenvalue weighted by Gasteiger charge is -2.17. The molecule has 112 heavy (non-hydrogen) atoms. The van der Waals surface area contributed by atoms with Crippen LogP contribution in [0.3, 0.4) is 0 Å². The minimum absolute atomic E-state index is 0.0292. The summed E-state index contributed by atoms with van der Waals surface area (Å²) >= 11 is 7.02. The molecule has 0 amide bonds. The number of ether oxygens (including phenoxy) is 2. The summed E-state index contributed by atoms with van der Waals surface area (Å²) in [5, 5.41) is 1.87. The van der Waals surface area contributed by atoms with Gasteiger partial charge in [0.2, 0.25) is 44.8 Å². The fourth-order valence-electron chi connectivity index (χ4n) is 14.9. The van der Waals surface area contributed by atoms with Gasteiger partial charge in [0, 0.05) is 58.3 Å². The zero-order chi connectivity index (χ0) is 77.0. The van der Waals surface area contributed by atoms with Gasteiger partial charge in [-0.05, 0) is 140 Å². The maximum Gasteiger partial charge on any atom is 0.419 e. The van der Waals surface area contributed by atoms with E-state index in [1.807, 2.05) is 30.3 Å². The average Bonchev–Trinajstić information content (AvgIpc) is 1.55. The second-order valence-corrected chi connectivity index (χ2v) is 33.0. The molecule has 542 valence electrons. The van der Waals surface area contributed by atoms with E-state index < -0.39 is 97.0 Å². The van der Waals surface area contributed by atoms with Crippen molar-refractivity contribution in [3.05, 3.63) is 288 Å². The van der Waals surface area contributed by atoms with E-state index in [1.165, 1.54) is 74.3 Å². The van der Waals surface area contributed by atoms with Gasteiger partial charge in [-0.25, -0.2) is 28.7 Å². The van der Waals surface area contributed by atoms with Gasteiger partial charge in [0.15, 0.2) is 10.7 Å². The Balaban J connectivity index is 0.674. The topological polar surface area (TPSA) is 224 Å². The van der Waals surface area contributed by atoms with E-state index in [0.717, 1.165) is 74.3 Å². The minimum Gasteiger partial charge on any atom is -0.444 e. The fraction of sp³-hybridized carbons (Fsp3) is 0.0476. The predicted octanol–water partition coefficient (Wildman–Crippen LogP) is 19.5. The lowest BCUT2D eigenvalue weighted by atomic mass is 9.90. The number of carbonyl (C=O) groups excluding carboxylic acids is 6. The van der Waals surface area contributed by atoms with Crippen LogP contribution < -0.4 is 32.4 Å². The largest absolute Gasteiger partial charge is 0.444 e. The number of carbonyl (C=O) groups is 6. The number of ketones is 4. The lowest BCUT2D eigenvalue weighted by molar-refractivity contribution is -0.138. The molecule has 0 spiro atoms. The Morgan fingerprint density at radius 3 is 1.43 bits per heavy atom. The standard InChI is InChI=1S/C84H36F6N4O12S6/c85-83(86,87)40-18-19-44-51(23-40)71(99)72(100)52(44)25-42-27-59-77(108-42)65-79(109-59)75-57(93(65)81(103)105-33-35-10-3-1-4-11-35)26-41(107-75)24-53-46-29-47(56(84(88,89)90)30-55(46)74(102)73(53)101)43-17-9-16-39-22-50-54(28-45(39)43)70(98)64(69(50)97)91-61-31-58-76(111-61)80-66(94(58)82(104)106-34-36-12-5-2-6-13-36)78-60(110-80)32-62(112-78)92-63-67(95)48-20-37-14-7-8-15-38(37)21-49(48)68(63)96/h1-32H,33-34H2/b52-25-,53-24-,91-64-. The summed E-state index contributed by atoms with van der Waals surface area (Å²) in [6, 6.07) is 46.3. The van der Waals surface area contributed by atoms with Gasteiger partial charge in [0.1, 0.15) is 23.2 Å². The third-order valence-corrected chi connectivity index (χ3v) is 27.1. The molecule has 28 heteroatoms. The van der Waals surface area contributed by atoms with Crippen LogP contribution in [0.5, 0.6) is 0 Å². The second kappa shape index (κ2) is 24.9. The number of Topliss-reactive ketones (excluding diaryl/α,β-unsaturated/α-hetero) is 4. The van der Waals surface area contributed by atoms with Crippen LogP contribution >= 0.6 is 68.0 Å². The molecule has 8 aromatic heterocycles. The third kappa shape index (κ3) is 10.6. The van der Waals surface area contributed by atoms with Crippen LogP contribution in [0.4, 0.5) is 45.9 Å². The van der Waals surface area contributed by atoms with Gasteiger partial charge in [0.05, 0.1) is 66.1 Å². The van der Waals surface area contributed by atoms with Crippen molar-refractivity contribution in [1.29, 1.82) is 0 Å². The van der Waals surface area contributed by atoms with Crippen molar-refractivity contribution >= 4 is 239 Å². The minimum atomic E-state index is -5.14. The van der Waals surface area contributed by atoms with E-state index >= 15 is 13.2 Å². The van der Waals surface area contributed by atoms with Gasteiger partial charge in [-0.1, -0.05) is 109 Å². The van der Waals surface area contributed by atoms with E-state index in [-0.39, 0.29) is 94.8 Å². The first kappa shape index (κ1) is 68.6. The summed E-state index contributed by atoms with van der Waals surface area (Å²) in [7, 11) is 0. The number of rotatable bonds is 9. The van der Waals surface area contributed by atoms with Crippen molar-refractivity contribution in [2.45, 2.75) is 25.6 Å². The first-order chi connectivity index (χ1) is 53.9. The highest BCUT2D eigenvalue weighted by Gasteiger charge is 2.42. The van der Waals surface area contributed by atoms with Crippen molar-refractivity contribution in [2.75, 3.05) is 0 Å². The number of allylic oxidation sites excluding steroid dienone is 2. The Kier molecular flexibility index (Phi) is 15.2. The first-order valence-corrected chi connectivity index (χ1v) is 38.8. The van der Waals surface area contributed by atoms with Crippen LogP contribution in [-0.4, -0.2) is 44.5 Å². The van der Waals surface area contributed by atoms with Gasteiger partial charge in [-0.3, -0.25) is 38.4 Å². The number of hydrogen-bond donors (Lipinski definition) is 0. The maximum atomic E-state index is 15.7. The van der Waals surface area contributed by atoms with Crippen LogP contribution in [-0.2, 0) is 44.6 Å². The Morgan fingerprint density at radius 1 is 0.375 bits per heavy atom. The zero-order valence-corrected chi connectivity index (χ0v) is 61.2. The van der Waals surface area contributed by atoms with Crippen LogP contribution in [0.25, 0.3) is 137 Å². The Morgan fingerprint density at radius 2 is 0.848 bits per heavy atom. The Labute approximate surface area is 643 Å². The maximum absolute atomic E-state index is 15.7. The van der Waals surface area contributed by atoms with Crippen molar-refractivity contribution in [2.24, 2.45) is 9.98 Å². The summed E-state index contributed by atoms with van der Waals surface area (Å²) < 4.78 is 107. The van der Waals surface area contributed by atoms with Gasteiger partial charge < -0.3 is 9.47 Å². The molecule has 0 aliphatic heterocycles. The molecule has 0 radical (unpaired) electrons. The number of thiophene rings is 6. The van der Waals surface area contributed by atoms with Crippen LogP contribution in [0.2, 0.25) is 0 Å². The van der Waals surface area contributed by atoms with Gasteiger partial charge in [0.25, 0.3) is 0 Å². The first-order valence-electron chi connectivity index (χ1n) is 33.9. The monoisotopic (exact) mass is 1600 g/mol. The molecule has 18 aromatic rings. The Bertz CT molecular complexity index is 7790. The molecule has 8 heterocycles. The van der Waals surface area contributed by atoms with Gasteiger partial charge >= 0.3 is 24.5 Å². The molecule has 10 aromatic carbocycles. The van der Waals surface area contributed by atoms with Gasteiger partial charge in [-0.15, -0.1) is 68.0 Å². The SMILES string of the molecule is O=C1C(=O)c2cc(C(F)(F)F)ccc2/C1=C/c1cc2sc3c4sc(/C=C5\C(=O)C(=O)c6cc(C(F)(F)F)c(-c7cccc8cc9c(=O)/c(=N/c%10cc%11c(s%10)c%10sc%12cc(N=c%13c(=O)c%14cc%15ccccc%15cc%14c%13=O)sc%12c%10n%11C(=O)OCc%10ccccc%10)c(=O)c9cc78)cc65)cc4n(C(=O)OCc4ccccc4)c3c2s1. The normalized spacial score (nSPS) is 14.4. The summed E-state index contributed by atoms with van der Waals surface area (Å²) in [4.78, 5) is 151. The molecule has 0 bridgehead atoms. The van der Waals surface area contributed by atoms with Crippen molar-refractivity contribution < 1.29 is 64.6 Å². The van der Waals surface area contributed by atoms with Crippen LogP contribution in [0, 0.1) is 0 Å². The molecule has 0 atom stereocenters. The molecule has 2 aliphatic carbocycles. The van der Waals surface area contributed by atoms with Crippen molar-refractivity contribution in [3.8, 4) is 11.1 Å². The van der Waals surface area contributed by atoms with E-state index in [1.54, 1.807) is 91.0 Å². The molecule has 0 unspecified atom stereocenters. The number of halogens is 6. The molecule has 0 saturated heterocycles. The number of fused-ring (bicyclic) bond motifs is 16. The molecule has 2 aliphatic rings. The van der Waals surface area contributed by atoms with Gasteiger partial charge in [-0.2, -0.15) is 26.3 Å². The van der Waals surface area contributed by atoms with Crippen molar-refractivity contribution in [3.63, 3.8) is 0 Å². The molecular weight excluding hydrogens is 1560 g/mol. The van der Waals surface area contributed by atoms with E-state index in [0.29, 0.717) is 92.2 Å². The van der Waals surface area contributed by atoms with Crippen LogP contribution in [0.15, 0.2) is 211 Å². The highest BCUT2D eigenvalue weighted by atomic mass is 32.1. The van der Waals surface area contributed by atoms with E-state index in [4.69, 9.17) is 9.47 Å².